The molecule has 0 spiro atoms. The van der Waals surface area contributed by atoms with Crippen molar-refractivity contribution < 1.29 is 24.0 Å². The quantitative estimate of drug-likeness (QED) is 0.350. The molecule has 0 radical (unpaired) electrons. The minimum Gasteiger partial charge on any atom is -0.444 e. The summed E-state index contributed by atoms with van der Waals surface area (Å²) in [6.07, 6.45) is 7.25. The zero-order chi connectivity index (χ0) is 31.1. The largest absolute Gasteiger partial charge is 0.444 e. The number of hydrogen-bond acceptors (Lipinski definition) is 9. The van der Waals surface area contributed by atoms with Crippen LogP contribution >= 0.6 is 0 Å². The highest BCUT2D eigenvalue weighted by molar-refractivity contribution is 5.72. The fourth-order valence-corrected chi connectivity index (χ4v) is 4.49. The molecule has 12 nitrogen and oxygen atoms in total. The third-order valence-corrected chi connectivity index (χ3v) is 6.59. The second kappa shape index (κ2) is 13.6. The topological polar surface area (TPSA) is 154 Å². The van der Waals surface area contributed by atoms with Gasteiger partial charge in [-0.05, 0) is 99.9 Å². The number of carbonyl (C=O) groups excluding carboxylic acids is 2. The number of piperidine rings is 1. The SMILES string of the molecule is CC(C)(C)OC(=O)N1CC=C(c2ccc([N+](=O)[O-])nc2)CC1.CC(C)(C)OC(=O)N1CCC(c2ccc(N)nc2)CC1. The highest BCUT2D eigenvalue weighted by atomic mass is 16.6. The van der Waals surface area contributed by atoms with Gasteiger partial charge in [0.25, 0.3) is 0 Å². The highest BCUT2D eigenvalue weighted by Gasteiger charge is 2.28. The van der Waals surface area contributed by atoms with Gasteiger partial charge in [-0.25, -0.2) is 14.6 Å². The fourth-order valence-electron chi connectivity index (χ4n) is 4.49. The van der Waals surface area contributed by atoms with E-state index in [4.69, 9.17) is 15.2 Å². The molecule has 2 aliphatic rings. The van der Waals surface area contributed by atoms with Crippen molar-refractivity contribution >= 4 is 29.4 Å². The maximum atomic E-state index is 12.0. The third kappa shape index (κ3) is 10.0. The predicted octanol–water partition coefficient (Wildman–Crippen LogP) is 5.79. The van der Waals surface area contributed by atoms with Gasteiger partial charge in [0, 0.05) is 44.0 Å². The smallest absolute Gasteiger partial charge is 0.410 e. The Morgan fingerprint density at radius 3 is 1.98 bits per heavy atom. The van der Waals surface area contributed by atoms with Crippen molar-refractivity contribution in [3.8, 4) is 0 Å². The number of rotatable bonds is 3. The number of pyridine rings is 2. The number of hydrogen-bond donors (Lipinski definition) is 1. The van der Waals surface area contributed by atoms with Gasteiger partial charge in [0.15, 0.2) is 0 Å². The van der Waals surface area contributed by atoms with Gasteiger partial charge in [0.1, 0.15) is 23.2 Å². The first-order valence-corrected chi connectivity index (χ1v) is 14.1. The van der Waals surface area contributed by atoms with E-state index >= 15 is 0 Å². The molecule has 228 valence electrons. The summed E-state index contributed by atoms with van der Waals surface area (Å²) in [6, 6.07) is 6.92. The van der Waals surface area contributed by atoms with Crippen LogP contribution in [0.15, 0.2) is 42.7 Å². The summed E-state index contributed by atoms with van der Waals surface area (Å²) < 4.78 is 10.7. The van der Waals surface area contributed by atoms with E-state index in [1.807, 2.05) is 65.9 Å². The van der Waals surface area contributed by atoms with E-state index < -0.39 is 16.1 Å². The Labute approximate surface area is 247 Å². The van der Waals surface area contributed by atoms with Crippen LogP contribution in [0.1, 0.15) is 77.8 Å². The fraction of sp³-hybridized carbons (Fsp3) is 0.533. The first-order valence-electron chi connectivity index (χ1n) is 14.1. The number of amides is 2. The van der Waals surface area contributed by atoms with Gasteiger partial charge in [0.2, 0.25) is 0 Å². The van der Waals surface area contributed by atoms with E-state index in [-0.39, 0.29) is 18.0 Å². The summed E-state index contributed by atoms with van der Waals surface area (Å²) in [5.74, 6) is 0.817. The Bertz CT molecular complexity index is 1260. The summed E-state index contributed by atoms with van der Waals surface area (Å²) in [5, 5.41) is 10.6. The van der Waals surface area contributed by atoms with Gasteiger partial charge in [0.05, 0.1) is 0 Å². The molecule has 0 unspecified atom stereocenters. The monoisotopic (exact) mass is 582 g/mol. The molecule has 2 aromatic heterocycles. The highest BCUT2D eigenvalue weighted by Crippen LogP contribution is 2.28. The Morgan fingerprint density at radius 1 is 0.905 bits per heavy atom. The van der Waals surface area contributed by atoms with Gasteiger partial charge < -0.3 is 35.1 Å². The summed E-state index contributed by atoms with van der Waals surface area (Å²) in [4.78, 5) is 45.4. The van der Waals surface area contributed by atoms with Crippen LogP contribution in [0.25, 0.3) is 5.57 Å². The molecule has 2 aromatic rings. The van der Waals surface area contributed by atoms with Gasteiger partial charge in [-0.1, -0.05) is 12.1 Å². The standard InChI is InChI=1S/C15H19N3O4.C15H23N3O2/c1-15(2,3)22-14(19)17-8-6-11(7-9-17)12-4-5-13(16-10-12)18(20)21;1-15(2,3)20-14(19)18-8-6-11(7-9-18)12-4-5-13(16)17-10-12/h4-6,10H,7-9H2,1-3H3;4-5,10-11H,6-9H2,1-3H3,(H2,16,17). The van der Waals surface area contributed by atoms with Crippen molar-refractivity contribution in [2.45, 2.75) is 77.9 Å². The molecule has 0 aromatic carbocycles. The Balaban J connectivity index is 0.000000231. The number of nitro groups is 1. The zero-order valence-corrected chi connectivity index (χ0v) is 25.3. The maximum Gasteiger partial charge on any atom is 0.410 e. The Kier molecular flexibility index (Phi) is 10.5. The minimum atomic E-state index is -0.525. The van der Waals surface area contributed by atoms with Crippen LogP contribution < -0.4 is 5.73 Å². The summed E-state index contributed by atoms with van der Waals surface area (Å²) in [7, 11) is 0. The molecule has 0 saturated carbocycles. The lowest BCUT2D eigenvalue weighted by Gasteiger charge is -2.33. The summed E-state index contributed by atoms with van der Waals surface area (Å²) >= 11 is 0. The lowest BCUT2D eigenvalue weighted by atomic mass is 9.91. The molecule has 4 rings (SSSR count). The van der Waals surface area contributed by atoms with Gasteiger partial charge in [-0.2, -0.15) is 0 Å². The van der Waals surface area contributed by atoms with Crippen molar-refractivity contribution in [3.05, 3.63) is 64.0 Å². The average Bonchev–Trinajstić information content (AvgIpc) is 2.92. The van der Waals surface area contributed by atoms with Crippen molar-refractivity contribution in [2.24, 2.45) is 0 Å². The van der Waals surface area contributed by atoms with E-state index in [9.17, 15) is 19.7 Å². The van der Waals surface area contributed by atoms with Gasteiger partial charge in [-0.15, -0.1) is 0 Å². The van der Waals surface area contributed by atoms with Crippen LogP contribution in [-0.2, 0) is 9.47 Å². The lowest BCUT2D eigenvalue weighted by molar-refractivity contribution is -0.389. The first-order chi connectivity index (χ1) is 19.6. The number of carbonyl (C=O) groups is 2. The summed E-state index contributed by atoms with van der Waals surface area (Å²) in [6.45, 7) is 13.6. The molecule has 0 bridgehead atoms. The number of ether oxygens (including phenoxy) is 2. The molecule has 12 heteroatoms. The maximum absolute atomic E-state index is 12.0. The summed E-state index contributed by atoms with van der Waals surface area (Å²) in [5.41, 5.74) is 7.72. The predicted molar refractivity (Wildman–Crippen MR) is 160 cm³/mol. The normalized spacial score (nSPS) is 16.1. The number of anilines is 1. The molecule has 2 aliphatic heterocycles. The molecule has 0 aliphatic carbocycles. The minimum absolute atomic E-state index is 0.171. The molecule has 1 saturated heterocycles. The number of likely N-dealkylation sites (tertiary alicyclic amines) is 1. The first kappa shape index (κ1) is 32.3. The van der Waals surface area contributed by atoms with Crippen LogP contribution in [0.5, 0.6) is 0 Å². The van der Waals surface area contributed by atoms with E-state index in [0.29, 0.717) is 31.2 Å². The molecule has 0 atom stereocenters. The van der Waals surface area contributed by atoms with E-state index in [2.05, 4.69) is 9.97 Å². The molecule has 2 N–H and O–H groups in total. The second-order valence-corrected chi connectivity index (χ2v) is 12.3. The van der Waals surface area contributed by atoms with E-state index in [1.165, 1.54) is 17.8 Å². The molecule has 2 amide bonds. The van der Waals surface area contributed by atoms with Gasteiger partial charge in [-0.3, -0.25) is 0 Å². The number of nitrogens with two attached hydrogens (primary N) is 1. The van der Waals surface area contributed by atoms with E-state index in [0.717, 1.165) is 37.1 Å². The van der Waals surface area contributed by atoms with Crippen molar-refractivity contribution in [1.82, 2.24) is 19.8 Å². The average molecular weight is 583 g/mol. The van der Waals surface area contributed by atoms with Gasteiger partial charge >= 0.3 is 18.0 Å². The van der Waals surface area contributed by atoms with Crippen molar-refractivity contribution in [3.63, 3.8) is 0 Å². The molecule has 4 heterocycles. The molecule has 42 heavy (non-hydrogen) atoms. The van der Waals surface area contributed by atoms with Crippen LogP contribution in [-0.4, -0.2) is 74.3 Å². The van der Waals surface area contributed by atoms with Crippen molar-refractivity contribution in [2.75, 3.05) is 31.9 Å². The van der Waals surface area contributed by atoms with Crippen molar-refractivity contribution in [1.29, 1.82) is 0 Å². The molecule has 1 fully saturated rings. The van der Waals surface area contributed by atoms with E-state index in [1.54, 1.807) is 15.9 Å². The van der Waals surface area contributed by atoms with Crippen LogP contribution in [0.4, 0.5) is 21.2 Å². The Hall–Kier alpha value is -4.22. The lowest BCUT2D eigenvalue weighted by Crippen LogP contribution is -2.41. The molecular weight excluding hydrogens is 540 g/mol. The zero-order valence-electron chi connectivity index (χ0n) is 25.3. The Morgan fingerprint density at radius 2 is 1.52 bits per heavy atom. The van der Waals surface area contributed by atoms with Crippen LogP contribution in [0.2, 0.25) is 0 Å². The third-order valence-electron chi connectivity index (χ3n) is 6.59. The number of nitrogens with zero attached hydrogens (tertiary/aromatic N) is 5. The molecular formula is C30H42N6O6. The van der Waals surface area contributed by atoms with Crippen LogP contribution in [0.3, 0.4) is 0 Å². The number of nitrogen functional groups attached to an aromatic ring is 1. The van der Waals surface area contributed by atoms with Crippen LogP contribution in [0, 0.1) is 10.1 Å². The number of aromatic nitrogens is 2. The second-order valence-electron chi connectivity index (χ2n) is 12.3.